The number of ether oxygens (including phenoxy) is 2. The number of piperidine rings is 1. The zero-order chi connectivity index (χ0) is 16.6. The second kappa shape index (κ2) is 6.09. The van der Waals surface area contributed by atoms with Crippen LogP contribution >= 0.6 is 11.5 Å². The molecule has 3 heterocycles. The van der Waals surface area contributed by atoms with Gasteiger partial charge < -0.3 is 14.4 Å². The SMILES string of the molecule is C[C@@]1(Cc2ccc3c(c2)OCO3)CCCN(C(=O)c2ccns2)C1. The molecule has 0 unspecified atom stereocenters. The molecule has 1 amide bonds. The highest BCUT2D eigenvalue weighted by Gasteiger charge is 2.34. The molecule has 126 valence electrons. The summed E-state index contributed by atoms with van der Waals surface area (Å²) in [6.07, 6.45) is 4.77. The van der Waals surface area contributed by atoms with E-state index >= 15 is 0 Å². The number of rotatable bonds is 3. The molecular formula is C18H20N2O3S. The van der Waals surface area contributed by atoms with Gasteiger partial charge in [-0.2, -0.15) is 0 Å². The van der Waals surface area contributed by atoms with Crippen molar-refractivity contribution in [2.45, 2.75) is 26.2 Å². The molecule has 1 fully saturated rings. The van der Waals surface area contributed by atoms with E-state index in [0.717, 1.165) is 48.7 Å². The molecular weight excluding hydrogens is 324 g/mol. The summed E-state index contributed by atoms with van der Waals surface area (Å²) >= 11 is 1.27. The molecule has 2 aliphatic heterocycles. The first-order chi connectivity index (χ1) is 11.6. The Morgan fingerprint density at radius 3 is 3.04 bits per heavy atom. The molecule has 1 atom stereocenters. The Morgan fingerprint density at radius 1 is 1.33 bits per heavy atom. The maximum atomic E-state index is 12.6. The van der Waals surface area contributed by atoms with Crippen molar-refractivity contribution in [3.8, 4) is 11.5 Å². The fraction of sp³-hybridized carbons (Fsp3) is 0.444. The van der Waals surface area contributed by atoms with E-state index in [1.165, 1.54) is 17.1 Å². The lowest BCUT2D eigenvalue weighted by Gasteiger charge is -2.40. The van der Waals surface area contributed by atoms with Crippen molar-refractivity contribution in [1.82, 2.24) is 9.27 Å². The summed E-state index contributed by atoms with van der Waals surface area (Å²) in [5, 5.41) is 0. The van der Waals surface area contributed by atoms with E-state index in [1.54, 1.807) is 12.3 Å². The Labute approximate surface area is 145 Å². The van der Waals surface area contributed by atoms with Crippen LogP contribution in [0.1, 0.15) is 35.0 Å². The molecule has 0 radical (unpaired) electrons. The van der Waals surface area contributed by atoms with Crippen molar-refractivity contribution in [1.29, 1.82) is 0 Å². The van der Waals surface area contributed by atoms with Gasteiger partial charge in [0.1, 0.15) is 4.88 Å². The average molecular weight is 344 g/mol. The van der Waals surface area contributed by atoms with Crippen LogP contribution in [0.4, 0.5) is 0 Å². The van der Waals surface area contributed by atoms with Gasteiger partial charge in [0.2, 0.25) is 6.79 Å². The fourth-order valence-corrected chi connectivity index (χ4v) is 4.22. The average Bonchev–Trinajstić information content (AvgIpc) is 3.25. The molecule has 0 bridgehead atoms. The van der Waals surface area contributed by atoms with E-state index in [4.69, 9.17) is 9.47 Å². The van der Waals surface area contributed by atoms with Crippen LogP contribution in [0.25, 0.3) is 0 Å². The number of aromatic nitrogens is 1. The van der Waals surface area contributed by atoms with Gasteiger partial charge in [0.05, 0.1) is 0 Å². The quantitative estimate of drug-likeness (QED) is 0.857. The standard InChI is InChI=1S/C18H20N2O3S/c1-18(10-13-3-4-14-15(9-13)23-12-22-14)6-2-8-20(11-18)17(21)16-5-7-19-24-16/h3-5,7,9H,2,6,8,10-12H2,1H3/t18-/m0/s1. The minimum absolute atomic E-state index is 0.0757. The van der Waals surface area contributed by atoms with Crippen molar-refractivity contribution in [2.75, 3.05) is 19.9 Å². The predicted molar refractivity (Wildman–Crippen MR) is 91.6 cm³/mol. The van der Waals surface area contributed by atoms with Gasteiger partial charge in [-0.1, -0.05) is 13.0 Å². The van der Waals surface area contributed by atoms with E-state index < -0.39 is 0 Å². The molecule has 0 N–H and O–H groups in total. The van der Waals surface area contributed by atoms with Gasteiger partial charge in [0.25, 0.3) is 5.91 Å². The lowest BCUT2D eigenvalue weighted by atomic mass is 9.77. The van der Waals surface area contributed by atoms with Crippen LogP contribution < -0.4 is 9.47 Å². The molecule has 1 aromatic heterocycles. The molecule has 1 aromatic carbocycles. The molecule has 4 rings (SSSR count). The maximum Gasteiger partial charge on any atom is 0.265 e. The first-order valence-corrected chi connectivity index (χ1v) is 8.99. The fourth-order valence-electron chi connectivity index (χ4n) is 3.66. The molecule has 6 heteroatoms. The van der Waals surface area contributed by atoms with E-state index in [1.807, 2.05) is 11.0 Å². The van der Waals surface area contributed by atoms with Crippen LogP contribution in [0.15, 0.2) is 30.5 Å². The Balaban J connectivity index is 1.49. The van der Waals surface area contributed by atoms with Crippen LogP contribution in [-0.4, -0.2) is 35.1 Å². The molecule has 2 aromatic rings. The number of nitrogens with zero attached hydrogens (tertiary/aromatic N) is 2. The van der Waals surface area contributed by atoms with Gasteiger partial charge in [-0.15, -0.1) is 0 Å². The van der Waals surface area contributed by atoms with Crippen molar-refractivity contribution >= 4 is 17.4 Å². The summed E-state index contributed by atoms with van der Waals surface area (Å²) in [5.74, 6) is 1.74. The second-order valence-corrected chi connectivity index (χ2v) is 7.72. The topological polar surface area (TPSA) is 51.7 Å². The summed E-state index contributed by atoms with van der Waals surface area (Å²) < 4.78 is 14.9. The van der Waals surface area contributed by atoms with Crippen molar-refractivity contribution < 1.29 is 14.3 Å². The Bertz CT molecular complexity index is 747. The third-order valence-corrected chi connectivity index (χ3v) is 5.52. The van der Waals surface area contributed by atoms with Crippen molar-refractivity contribution in [3.63, 3.8) is 0 Å². The normalized spacial score (nSPS) is 22.6. The van der Waals surface area contributed by atoms with Crippen LogP contribution in [0, 0.1) is 5.41 Å². The van der Waals surface area contributed by atoms with Gasteiger partial charge >= 0.3 is 0 Å². The zero-order valence-electron chi connectivity index (χ0n) is 13.7. The van der Waals surface area contributed by atoms with E-state index in [2.05, 4.69) is 23.4 Å². The number of hydrogen-bond acceptors (Lipinski definition) is 5. The number of hydrogen-bond donors (Lipinski definition) is 0. The molecule has 2 aliphatic rings. The Hall–Kier alpha value is -2.08. The minimum Gasteiger partial charge on any atom is -0.454 e. The highest BCUT2D eigenvalue weighted by molar-refractivity contribution is 7.08. The first-order valence-electron chi connectivity index (χ1n) is 8.21. The van der Waals surface area contributed by atoms with E-state index in [9.17, 15) is 4.79 Å². The predicted octanol–water partition coefficient (Wildman–Crippen LogP) is 3.36. The maximum absolute atomic E-state index is 12.6. The highest BCUT2D eigenvalue weighted by Crippen LogP contribution is 2.37. The van der Waals surface area contributed by atoms with Crippen LogP contribution in [-0.2, 0) is 6.42 Å². The van der Waals surface area contributed by atoms with Crippen LogP contribution in [0.5, 0.6) is 11.5 Å². The molecule has 1 saturated heterocycles. The third kappa shape index (κ3) is 2.98. The lowest BCUT2D eigenvalue weighted by molar-refractivity contribution is 0.0555. The largest absolute Gasteiger partial charge is 0.454 e. The summed E-state index contributed by atoms with van der Waals surface area (Å²) in [5.41, 5.74) is 1.31. The van der Waals surface area contributed by atoms with Gasteiger partial charge in [0, 0.05) is 19.3 Å². The smallest absolute Gasteiger partial charge is 0.265 e. The molecule has 5 nitrogen and oxygen atoms in total. The number of benzene rings is 1. The molecule has 0 aliphatic carbocycles. The number of carbonyl (C=O) groups is 1. The molecule has 0 spiro atoms. The molecule has 0 saturated carbocycles. The number of likely N-dealkylation sites (tertiary alicyclic amines) is 1. The van der Waals surface area contributed by atoms with Crippen molar-refractivity contribution in [3.05, 3.63) is 40.9 Å². The van der Waals surface area contributed by atoms with Crippen molar-refractivity contribution in [2.24, 2.45) is 5.41 Å². The van der Waals surface area contributed by atoms with Crippen LogP contribution in [0.3, 0.4) is 0 Å². The number of fused-ring (bicyclic) bond motifs is 1. The monoisotopic (exact) mass is 344 g/mol. The highest BCUT2D eigenvalue weighted by atomic mass is 32.1. The summed E-state index contributed by atoms with van der Waals surface area (Å²) in [7, 11) is 0. The number of carbonyl (C=O) groups excluding carboxylic acids is 1. The summed E-state index contributed by atoms with van der Waals surface area (Å²) in [6, 6.07) is 7.95. The lowest BCUT2D eigenvalue weighted by Crippen LogP contribution is -2.45. The first kappa shape index (κ1) is 15.4. The van der Waals surface area contributed by atoms with E-state index in [0.29, 0.717) is 6.79 Å². The summed E-state index contributed by atoms with van der Waals surface area (Å²) in [6.45, 7) is 4.17. The van der Waals surface area contributed by atoms with Crippen LogP contribution in [0.2, 0.25) is 0 Å². The Kier molecular flexibility index (Phi) is 3.92. The van der Waals surface area contributed by atoms with Gasteiger partial charge in [-0.3, -0.25) is 4.79 Å². The third-order valence-electron chi connectivity index (χ3n) is 4.78. The Morgan fingerprint density at radius 2 is 2.21 bits per heavy atom. The minimum atomic E-state index is 0.0757. The van der Waals surface area contributed by atoms with Gasteiger partial charge in [-0.05, 0) is 60.0 Å². The van der Waals surface area contributed by atoms with Gasteiger partial charge in [-0.25, -0.2) is 4.37 Å². The second-order valence-electron chi connectivity index (χ2n) is 6.88. The molecule has 24 heavy (non-hydrogen) atoms. The van der Waals surface area contributed by atoms with Gasteiger partial charge in [0.15, 0.2) is 11.5 Å². The van der Waals surface area contributed by atoms with E-state index in [-0.39, 0.29) is 11.3 Å². The number of amides is 1. The summed E-state index contributed by atoms with van der Waals surface area (Å²) in [4.78, 5) is 15.3. The zero-order valence-corrected chi connectivity index (χ0v) is 14.5.